The van der Waals surface area contributed by atoms with Gasteiger partial charge in [0.05, 0.1) is 0 Å². The summed E-state index contributed by atoms with van der Waals surface area (Å²) in [6, 6.07) is 0. The van der Waals surface area contributed by atoms with Crippen LogP contribution in [0.15, 0.2) is 11.6 Å². The average molecular weight is 199 g/mol. The maximum absolute atomic E-state index is 11.6. The Bertz CT molecular complexity index is 256. The number of hydrogen-bond donors (Lipinski definition) is 0. The largest absolute Gasteiger partial charge is 0.457 e. The van der Waals surface area contributed by atoms with Crippen molar-refractivity contribution in [3.8, 4) is 0 Å². The molecule has 0 bridgehead atoms. The first-order valence-corrected chi connectivity index (χ1v) is 3.41. The monoisotopic (exact) mass is 199 g/mol. The van der Waals surface area contributed by atoms with Gasteiger partial charge in [-0.05, 0) is 0 Å². The van der Waals surface area contributed by atoms with Gasteiger partial charge >= 0.3 is 6.18 Å². The van der Waals surface area contributed by atoms with Crippen LogP contribution in [0.4, 0.5) is 13.2 Å². The van der Waals surface area contributed by atoms with E-state index in [9.17, 15) is 18.0 Å². The van der Waals surface area contributed by atoms with Crippen molar-refractivity contribution in [1.82, 2.24) is 4.98 Å². The number of halogens is 3. The molecule has 0 aliphatic heterocycles. The summed E-state index contributed by atoms with van der Waals surface area (Å²) in [7, 11) is 0. The van der Waals surface area contributed by atoms with E-state index in [1.54, 1.807) is 0 Å². The number of carbonyl (C=O) groups is 1. The summed E-state index contributed by atoms with van der Waals surface area (Å²) >= 11 is 0.677. The molecular formula is C5H4F3NO2S. The molecule has 1 rings (SSSR count). The second-order valence-corrected chi connectivity index (χ2v) is 2.56. The molecule has 3 nitrogen and oxygen atoms in total. The Morgan fingerprint density at radius 1 is 1.50 bits per heavy atom. The lowest BCUT2D eigenvalue weighted by molar-refractivity contribution is -0.0885. The Labute approximate surface area is 69.2 Å². The molecule has 0 saturated carbocycles. The van der Waals surface area contributed by atoms with Gasteiger partial charge in [-0.3, -0.25) is 4.79 Å². The number of ketones is 1. The summed E-state index contributed by atoms with van der Waals surface area (Å²) in [6.45, 7) is 0. The van der Waals surface area contributed by atoms with E-state index in [2.05, 4.69) is 4.98 Å². The number of Topliss-reactive ketones (excluding diaryl/α,β-unsaturated/α-hetero) is 1. The summed E-state index contributed by atoms with van der Waals surface area (Å²) in [6.07, 6.45) is -3.65. The predicted molar refractivity (Wildman–Crippen MR) is 36.1 cm³/mol. The van der Waals surface area contributed by atoms with E-state index < -0.39 is 17.0 Å². The maximum atomic E-state index is 11.6. The third kappa shape index (κ3) is 2.28. The van der Waals surface area contributed by atoms with E-state index in [1.807, 2.05) is 0 Å². The van der Waals surface area contributed by atoms with E-state index in [-0.39, 0.29) is 5.48 Å². The van der Waals surface area contributed by atoms with Crippen molar-refractivity contribution in [2.45, 2.75) is 6.18 Å². The molecule has 0 aromatic carbocycles. The molecular weight excluding hydrogens is 195 g/mol. The van der Waals surface area contributed by atoms with Crippen molar-refractivity contribution >= 4 is 17.1 Å². The molecule has 1 aromatic heterocycles. The molecule has 0 aliphatic carbocycles. The van der Waals surface area contributed by atoms with Crippen LogP contribution in [0.1, 0.15) is 9.80 Å². The molecule has 12 heavy (non-hydrogen) atoms. The fraction of sp³-hybridized carbons (Fsp3) is 0.200. The first-order valence-electron chi connectivity index (χ1n) is 2.53. The fourth-order valence-corrected chi connectivity index (χ4v) is 1.05. The minimum absolute atomic E-state index is 0. The standard InChI is InChI=1S/C5H2F3NOS.H2O/c6-5(7,8)3(10)4-9-1-2-11-4;/h1-2H;1H2. The zero-order valence-electron chi connectivity index (χ0n) is 5.55. The van der Waals surface area contributed by atoms with Gasteiger partial charge in [0.25, 0.3) is 5.78 Å². The van der Waals surface area contributed by atoms with Crippen molar-refractivity contribution < 1.29 is 23.4 Å². The molecule has 0 atom stereocenters. The Kier molecular flexibility index (Phi) is 3.35. The van der Waals surface area contributed by atoms with Crippen LogP contribution in [0.5, 0.6) is 0 Å². The number of thiazole rings is 1. The molecule has 1 aromatic rings. The fourth-order valence-electron chi connectivity index (χ4n) is 0.457. The van der Waals surface area contributed by atoms with Crippen LogP contribution < -0.4 is 0 Å². The Balaban J connectivity index is 0.00000121. The molecule has 0 fully saturated rings. The highest BCUT2D eigenvalue weighted by molar-refractivity contribution is 7.11. The van der Waals surface area contributed by atoms with E-state index in [4.69, 9.17) is 0 Å². The predicted octanol–water partition coefficient (Wildman–Crippen LogP) is 1.06. The van der Waals surface area contributed by atoms with Gasteiger partial charge in [0.2, 0.25) is 0 Å². The van der Waals surface area contributed by atoms with Crippen LogP contribution in [-0.2, 0) is 0 Å². The molecule has 0 unspecified atom stereocenters. The van der Waals surface area contributed by atoms with Crippen molar-refractivity contribution in [2.75, 3.05) is 0 Å². The van der Waals surface area contributed by atoms with Crippen molar-refractivity contribution in [1.29, 1.82) is 0 Å². The Hall–Kier alpha value is -0.950. The molecule has 68 valence electrons. The molecule has 0 amide bonds. The highest BCUT2D eigenvalue weighted by Crippen LogP contribution is 2.22. The zero-order chi connectivity index (χ0) is 8.48. The van der Waals surface area contributed by atoms with E-state index in [0.717, 1.165) is 6.20 Å². The number of nitrogens with zero attached hydrogens (tertiary/aromatic N) is 1. The lowest BCUT2D eigenvalue weighted by atomic mass is 10.4. The summed E-state index contributed by atoms with van der Waals surface area (Å²) in [5, 5.41) is 0.802. The summed E-state index contributed by atoms with van der Waals surface area (Å²) in [5.74, 6) is -1.88. The smallest absolute Gasteiger partial charge is 0.412 e. The lowest BCUT2D eigenvalue weighted by Crippen LogP contribution is -2.22. The van der Waals surface area contributed by atoms with Gasteiger partial charge in [0.15, 0.2) is 5.01 Å². The molecule has 0 spiro atoms. The van der Waals surface area contributed by atoms with Gasteiger partial charge in [0, 0.05) is 11.6 Å². The normalized spacial score (nSPS) is 10.6. The zero-order valence-corrected chi connectivity index (χ0v) is 6.37. The minimum Gasteiger partial charge on any atom is -0.412 e. The molecule has 0 radical (unpaired) electrons. The third-order valence-electron chi connectivity index (χ3n) is 0.884. The van der Waals surface area contributed by atoms with Gasteiger partial charge in [-0.15, -0.1) is 11.3 Å². The third-order valence-corrected chi connectivity index (χ3v) is 1.66. The van der Waals surface area contributed by atoms with Crippen LogP contribution in [0.3, 0.4) is 0 Å². The second-order valence-electron chi connectivity index (χ2n) is 1.66. The molecule has 1 heterocycles. The first kappa shape index (κ1) is 11.1. The number of aromatic nitrogens is 1. The molecule has 0 aliphatic rings. The number of alkyl halides is 3. The highest BCUT2D eigenvalue weighted by atomic mass is 32.1. The van der Waals surface area contributed by atoms with E-state index in [0.29, 0.717) is 11.3 Å². The lowest BCUT2D eigenvalue weighted by Gasteiger charge is -1.99. The first-order chi connectivity index (χ1) is 5.02. The van der Waals surface area contributed by atoms with Crippen LogP contribution in [0.2, 0.25) is 0 Å². The van der Waals surface area contributed by atoms with Gasteiger partial charge in [-0.2, -0.15) is 13.2 Å². The van der Waals surface area contributed by atoms with Gasteiger partial charge in [-0.25, -0.2) is 4.98 Å². The van der Waals surface area contributed by atoms with Crippen LogP contribution >= 0.6 is 11.3 Å². The molecule has 0 saturated heterocycles. The Morgan fingerprint density at radius 2 is 2.08 bits per heavy atom. The van der Waals surface area contributed by atoms with Crippen LogP contribution in [0.25, 0.3) is 0 Å². The second kappa shape index (κ2) is 3.63. The minimum atomic E-state index is -4.81. The average Bonchev–Trinajstić information content (AvgIpc) is 2.34. The summed E-state index contributed by atoms with van der Waals surface area (Å²) < 4.78 is 34.9. The number of hydrogen-bond acceptors (Lipinski definition) is 3. The van der Waals surface area contributed by atoms with E-state index >= 15 is 0 Å². The molecule has 2 N–H and O–H groups in total. The topological polar surface area (TPSA) is 61.5 Å². The Morgan fingerprint density at radius 3 is 2.42 bits per heavy atom. The SMILES string of the molecule is O.O=C(c1nccs1)C(F)(F)F. The summed E-state index contributed by atoms with van der Waals surface area (Å²) in [5.41, 5.74) is 0. The van der Waals surface area contributed by atoms with Crippen molar-refractivity contribution in [3.63, 3.8) is 0 Å². The summed E-state index contributed by atoms with van der Waals surface area (Å²) in [4.78, 5) is 13.6. The van der Waals surface area contributed by atoms with Gasteiger partial charge in [-0.1, -0.05) is 0 Å². The molecule has 7 heteroatoms. The van der Waals surface area contributed by atoms with Crippen LogP contribution in [-0.4, -0.2) is 22.4 Å². The van der Waals surface area contributed by atoms with Gasteiger partial charge < -0.3 is 5.48 Å². The quantitative estimate of drug-likeness (QED) is 0.635. The number of rotatable bonds is 1. The van der Waals surface area contributed by atoms with Crippen molar-refractivity contribution in [3.05, 3.63) is 16.6 Å². The van der Waals surface area contributed by atoms with Gasteiger partial charge in [0.1, 0.15) is 0 Å². The number of carbonyl (C=O) groups excluding carboxylic acids is 1. The van der Waals surface area contributed by atoms with Crippen molar-refractivity contribution in [2.24, 2.45) is 0 Å². The van der Waals surface area contributed by atoms with Crippen LogP contribution in [0, 0.1) is 0 Å². The maximum Gasteiger partial charge on any atom is 0.457 e. The van der Waals surface area contributed by atoms with E-state index in [1.165, 1.54) is 5.38 Å². The highest BCUT2D eigenvalue weighted by Gasteiger charge is 2.40.